The van der Waals surface area contributed by atoms with Gasteiger partial charge in [0.2, 0.25) is 0 Å². The first-order valence-corrected chi connectivity index (χ1v) is 8.73. The minimum Gasteiger partial charge on any atom is -0.393 e. The second-order valence-electron chi connectivity index (χ2n) is 7.56. The molecule has 2 atom stereocenters. The van der Waals surface area contributed by atoms with Crippen LogP contribution in [0.4, 0.5) is 0 Å². The summed E-state index contributed by atoms with van der Waals surface area (Å²) < 4.78 is 0. The molecule has 0 bridgehead atoms. The zero-order valence-electron chi connectivity index (χ0n) is 14.0. The number of hydrogen-bond acceptors (Lipinski definition) is 2. The van der Waals surface area contributed by atoms with Crippen LogP contribution in [0.1, 0.15) is 65.7 Å². The van der Waals surface area contributed by atoms with Crippen LogP contribution < -0.4 is 10.6 Å². The Kier molecular flexibility index (Phi) is 5.91. The molecule has 4 nitrogen and oxygen atoms in total. The molecule has 0 aromatic rings. The average molecular weight is 295 g/mol. The van der Waals surface area contributed by atoms with E-state index in [4.69, 9.17) is 4.99 Å². The van der Waals surface area contributed by atoms with Gasteiger partial charge >= 0.3 is 0 Å². The fourth-order valence-corrected chi connectivity index (χ4v) is 3.50. The summed E-state index contributed by atoms with van der Waals surface area (Å²) in [5.41, 5.74) is 0.502. The summed E-state index contributed by atoms with van der Waals surface area (Å²) >= 11 is 0. The topological polar surface area (TPSA) is 56.7 Å². The van der Waals surface area contributed by atoms with Crippen LogP contribution in [0.25, 0.3) is 0 Å². The fourth-order valence-electron chi connectivity index (χ4n) is 3.50. The molecule has 2 aliphatic rings. The molecule has 4 heteroatoms. The van der Waals surface area contributed by atoms with Gasteiger partial charge in [-0.15, -0.1) is 0 Å². The van der Waals surface area contributed by atoms with Crippen molar-refractivity contribution in [2.45, 2.75) is 77.9 Å². The lowest BCUT2D eigenvalue weighted by Crippen LogP contribution is -2.45. The zero-order valence-corrected chi connectivity index (χ0v) is 14.0. The Balaban J connectivity index is 1.83. The lowest BCUT2D eigenvalue weighted by Gasteiger charge is -2.35. The van der Waals surface area contributed by atoms with Crippen molar-refractivity contribution in [3.05, 3.63) is 0 Å². The molecule has 0 radical (unpaired) electrons. The Morgan fingerprint density at radius 1 is 1.19 bits per heavy atom. The minimum absolute atomic E-state index is 0.146. The molecular weight excluding hydrogens is 262 g/mol. The lowest BCUT2D eigenvalue weighted by atomic mass is 9.75. The molecule has 0 saturated heterocycles. The summed E-state index contributed by atoms with van der Waals surface area (Å²) in [6.45, 7) is 8.46. The molecule has 21 heavy (non-hydrogen) atoms. The Morgan fingerprint density at radius 2 is 1.90 bits per heavy atom. The van der Waals surface area contributed by atoms with Crippen molar-refractivity contribution in [2.75, 3.05) is 13.1 Å². The highest BCUT2D eigenvalue weighted by Gasteiger charge is 2.28. The van der Waals surface area contributed by atoms with E-state index in [1.54, 1.807) is 0 Å². The van der Waals surface area contributed by atoms with Gasteiger partial charge in [0.15, 0.2) is 5.96 Å². The van der Waals surface area contributed by atoms with Crippen molar-refractivity contribution in [3.63, 3.8) is 0 Å². The summed E-state index contributed by atoms with van der Waals surface area (Å²) in [5.74, 6) is 1.28. The van der Waals surface area contributed by atoms with Crippen molar-refractivity contribution in [1.82, 2.24) is 10.6 Å². The van der Waals surface area contributed by atoms with Gasteiger partial charge in [0.1, 0.15) is 0 Å². The third-order valence-electron chi connectivity index (χ3n) is 5.13. The van der Waals surface area contributed by atoms with Crippen molar-refractivity contribution >= 4 is 5.96 Å². The van der Waals surface area contributed by atoms with Gasteiger partial charge in [-0.3, -0.25) is 4.99 Å². The molecule has 0 aliphatic heterocycles. The van der Waals surface area contributed by atoms with Gasteiger partial charge in [0.25, 0.3) is 0 Å². The molecule has 0 spiro atoms. The van der Waals surface area contributed by atoms with Gasteiger partial charge in [0.05, 0.1) is 6.10 Å². The van der Waals surface area contributed by atoms with Gasteiger partial charge < -0.3 is 15.7 Å². The Labute approximate surface area is 129 Å². The standard InChI is InChI=1S/C17H33N3O/c1-4-18-16(19-12-13-6-5-7-15(13)21)20-14-8-10-17(2,3)11-9-14/h13-15,21H,4-12H2,1-3H3,(H2,18,19,20). The first kappa shape index (κ1) is 16.6. The third kappa shape index (κ3) is 5.17. The van der Waals surface area contributed by atoms with Crippen LogP contribution in [0.15, 0.2) is 4.99 Å². The van der Waals surface area contributed by atoms with Crippen molar-refractivity contribution in [2.24, 2.45) is 16.3 Å². The number of aliphatic hydroxyl groups is 1. The third-order valence-corrected chi connectivity index (χ3v) is 5.13. The molecule has 2 saturated carbocycles. The Bertz CT molecular complexity index is 344. The first-order chi connectivity index (χ1) is 10.00. The number of aliphatic imine (C=N–C) groups is 1. The van der Waals surface area contributed by atoms with Crippen LogP contribution in [0.2, 0.25) is 0 Å². The van der Waals surface area contributed by atoms with E-state index < -0.39 is 0 Å². The highest BCUT2D eigenvalue weighted by atomic mass is 16.3. The fraction of sp³-hybridized carbons (Fsp3) is 0.941. The number of nitrogens with one attached hydrogen (secondary N) is 2. The summed E-state index contributed by atoms with van der Waals surface area (Å²) in [5, 5.41) is 16.8. The summed E-state index contributed by atoms with van der Waals surface area (Å²) in [4.78, 5) is 4.71. The second-order valence-corrected chi connectivity index (χ2v) is 7.56. The molecule has 0 aromatic carbocycles. The van der Waals surface area contributed by atoms with Crippen LogP contribution in [-0.4, -0.2) is 36.3 Å². The van der Waals surface area contributed by atoms with Crippen LogP contribution in [0, 0.1) is 11.3 Å². The molecular formula is C17H33N3O. The van der Waals surface area contributed by atoms with Gasteiger partial charge in [0, 0.05) is 25.0 Å². The van der Waals surface area contributed by atoms with E-state index in [1.165, 1.54) is 25.7 Å². The quantitative estimate of drug-likeness (QED) is 0.552. The van der Waals surface area contributed by atoms with E-state index in [2.05, 4.69) is 31.4 Å². The van der Waals surface area contributed by atoms with Gasteiger partial charge in [-0.2, -0.15) is 0 Å². The Hall–Kier alpha value is -0.770. The predicted molar refractivity (Wildman–Crippen MR) is 88.5 cm³/mol. The van der Waals surface area contributed by atoms with E-state index in [1.807, 2.05) is 0 Å². The smallest absolute Gasteiger partial charge is 0.191 e. The first-order valence-electron chi connectivity index (χ1n) is 8.73. The molecule has 122 valence electrons. The molecule has 2 aliphatic carbocycles. The monoisotopic (exact) mass is 295 g/mol. The van der Waals surface area contributed by atoms with E-state index in [-0.39, 0.29) is 6.10 Å². The maximum absolute atomic E-state index is 9.90. The van der Waals surface area contributed by atoms with E-state index >= 15 is 0 Å². The second kappa shape index (κ2) is 7.48. The number of nitrogens with zero attached hydrogens (tertiary/aromatic N) is 1. The SMILES string of the molecule is CCNC(=NCC1CCCC1O)NC1CCC(C)(C)CC1. The van der Waals surface area contributed by atoms with E-state index in [0.717, 1.165) is 38.3 Å². The van der Waals surface area contributed by atoms with Gasteiger partial charge in [-0.1, -0.05) is 20.3 Å². The van der Waals surface area contributed by atoms with Gasteiger partial charge in [-0.25, -0.2) is 0 Å². The van der Waals surface area contributed by atoms with Gasteiger partial charge in [-0.05, 0) is 50.9 Å². The molecule has 2 rings (SSSR count). The van der Waals surface area contributed by atoms with Crippen molar-refractivity contribution in [3.8, 4) is 0 Å². The molecule has 2 unspecified atom stereocenters. The maximum Gasteiger partial charge on any atom is 0.191 e. The van der Waals surface area contributed by atoms with Crippen molar-refractivity contribution < 1.29 is 5.11 Å². The minimum atomic E-state index is -0.146. The molecule has 0 heterocycles. The molecule has 3 N–H and O–H groups in total. The van der Waals surface area contributed by atoms with E-state index in [0.29, 0.717) is 17.4 Å². The largest absolute Gasteiger partial charge is 0.393 e. The van der Waals surface area contributed by atoms with E-state index in [9.17, 15) is 5.11 Å². The van der Waals surface area contributed by atoms with Crippen molar-refractivity contribution in [1.29, 1.82) is 0 Å². The summed E-state index contributed by atoms with van der Waals surface area (Å²) in [6, 6.07) is 0.546. The summed E-state index contributed by atoms with van der Waals surface area (Å²) in [6.07, 6.45) is 8.07. The number of rotatable bonds is 4. The number of hydrogen-bond donors (Lipinski definition) is 3. The molecule has 0 amide bonds. The highest BCUT2D eigenvalue weighted by molar-refractivity contribution is 5.80. The van der Waals surface area contributed by atoms with Crippen LogP contribution in [-0.2, 0) is 0 Å². The highest BCUT2D eigenvalue weighted by Crippen LogP contribution is 2.35. The van der Waals surface area contributed by atoms with Crippen LogP contribution >= 0.6 is 0 Å². The molecule has 2 fully saturated rings. The average Bonchev–Trinajstić information content (AvgIpc) is 2.84. The zero-order chi connectivity index (χ0) is 15.3. The number of guanidine groups is 1. The van der Waals surface area contributed by atoms with Crippen LogP contribution in [0.3, 0.4) is 0 Å². The molecule has 0 aromatic heterocycles. The number of aliphatic hydroxyl groups excluding tert-OH is 1. The lowest BCUT2D eigenvalue weighted by molar-refractivity contribution is 0.136. The van der Waals surface area contributed by atoms with Crippen LogP contribution in [0.5, 0.6) is 0 Å². The Morgan fingerprint density at radius 3 is 2.48 bits per heavy atom. The maximum atomic E-state index is 9.90. The summed E-state index contributed by atoms with van der Waals surface area (Å²) in [7, 11) is 0. The predicted octanol–water partition coefficient (Wildman–Crippen LogP) is 2.67. The normalized spacial score (nSPS) is 30.4.